The van der Waals surface area contributed by atoms with E-state index in [1.807, 2.05) is 0 Å². The number of aromatic nitrogens is 2. The van der Waals surface area contributed by atoms with Gasteiger partial charge in [0.15, 0.2) is 0 Å². The molecule has 106 valence electrons. The molecule has 1 amide bonds. The molecular formula is C12H21N5O2. The van der Waals surface area contributed by atoms with E-state index in [1.165, 1.54) is 0 Å². The van der Waals surface area contributed by atoms with Crippen molar-refractivity contribution in [3.05, 3.63) is 5.89 Å². The molecule has 1 aromatic heterocycles. The molecular weight excluding hydrogens is 246 g/mol. The highest BCUT2D eigenvalue weighted by Gasteiger charge is 2.28. The zero-order valence-electron chi connectivity index (χ0n) is 11.2. The number of carbonyl (C=O) groups excluding carboxylic acids is 1. The van der Waals surface area contributed by atoms with Crippen LogP contribution in [0.15, 0.2) is 4.42 Å². The smallest absolute Gasteiger partial charge is 0.315 e. The third kappa shape index (κ3) is 4.86. The maximum atomic E-state index is 11.4. The molecule has 0 unspecified atom stereocenters. The van der Waals surface area contributed by atoms with Crippen LogP contribution in [-0.4, -0.2) is 35.7 Å². The summed E-state index contributed by atoms with van der Waals surface area (Å²) in [4.78, 5) is 11.4. The van der Waals surface area contributed by atoms with E-state index in [0.29, 0.717) is 31.5 Å². The molecule has 2 rings (SSSR count). The second kappa shape index (κ2) is 7.08. The minimum Gasteiger partial charge on any atom is -0.407 e. The molecule has 1 saturated carbocycles. The summed E-state index contributed by atoms with van der Waals surface area (Å²) in [5.74, 6) is 0.967. The highest BCUT2D eigenvalue weighted by molar-refractivity contribution is 5.80. The molecule has 0 spiro atoms. The van der Waals surface area contributed by atoms with Crippen molar-refractivity contribution in [2.24, 2.45) is 5.92 Å². The second-order valence-corrected chi connectivity index (χ2v) is 4.67. The van der Waals surface area contributed by atoms with Gasteiger partial charge in [0.05, 0.1) is 6.54 Å². The first-order chi connectivity index (χ1) is 9.29. The maximum absolute atomic E-state index is 11.4. The van der Waals surface area contributed by atoms with Crippen molar-refractivity contribution in [2.75, 3.05) is 25.0 Å². The van der Waals surface area contributed by atoms with E-state index in [1.54, 1.807) is 0 Å². The molecule has 0 atom stereocenters. The van der Waals surface area contributed by atoms with Crippen molar-refractivity contribution < 1.29 is 9.21 Å². The Kier molecular flexibility index (Phi) is 5.14. The molecule has 0 aromatic carbocycles. The second-order valence-electron chi connectivity index (χ2n) is 4.67. The highest BCUT2D eigenvalue weighted by Crippen LogP contribution is 2.28. The Hall–Kier alpha value is -1.63. The summed E-state index contributed by atoms with van der Waals surface area (Å²) in [7, 11) is 0. The standard InChI is InChI=1S/C12H21N5O2/c1-2-5-13-8-10-16-17-12(19-10)15-7-6-14-11(18)9-3-4-9/h9,13H,2-8H2,1H3,(H,14,18)(H,15,17). The van der Waals surface area contributed by atoms with E-state index in [-0.39, 0.29) is 11.8 Å². The molecule has 7 heteroatoms. The molecule has 0 bridgehead atoms. The van der Waals surface area contributed by atoms with Crippen LogP contribution in [0.25, 0.3) is 0 Å². The van der Waals surface area contributed by atoms with Gasteiger partial charge in [-0.1, -0.05) is 12.0 Å². The number of hydrogen-bond acceptors (Lipinski definition) is 6. The lowest BCUT2D eigenvalue weighted by molar-refractivity contribution is -0.122. The predicted octanol–water partition coefficient (Wildman–Crippen LogP) is 0.507. The van der Waals surface area contributed by atoms with Gasteiger partial charge in [0, 0.05) is 19.0 Å². The number of rotatable bonds is 9. The SMILES string of the molecule is CCCNCc1nnc(NCCNC(=O)C2CC2)o1. The lowest BCUT2D eigenvalue weighted by Gasteiger charge is -2.03. The van der Waals surface area contributed by atoms with Crippen molar-refractivity contribution in [3.8, 4) is 0 Å². The average Bonchev–Trinajstić information content (AvgIpc) is 3.17. The first-order valence-electron chi connectivity index (χ1n) is 6.84. The minimum atomic E-state index is 0.150. The van der Waals surface area contributed by atoms with E-state index < -0.39 is 0 Å². The van der Waals surface area contributed by atoms with Crippen LogP contribution in [0, 0.1) is 5.92 Å². The predicted molar refractivity (Wildman–Crippen MR) is 70.5 cm³/mol. The Morgan fingerprint density at radius 2 is 2.16 bits per heavy atom. The first-order valence-corrected chi connectivity index (χ1v) is 6.84. The molecule has 1 heterocycles. The normalized spacial score (nSPS) is 14.4. The van der Waals surface area contributed by atoms with E-state index in [2.05, 4.69) is 33.1 Å². The summed E-state index contributed by atoms with van der Waals surface area (Å²) in [5, 5.41) is 16.8. The first kappa shape index (κ1) is 13.8. The van der Waals surface area contributed by atoms with Gasteiger partial charge in [-0.05, 0) is 25.8 Å². The van der Waals surface area contributed by atoms with Crippen molar-refractivity contribution in [3.63, 3.8) is 0 Å². The minimum absolute atomic E-state index is 0.150. The van der Waals surface area contributed by atoms with Crippen LogP contribution >= 0.6 is 0 Å². The van der Waals surface area contributed by atoms with Crippen molar-refractivity contribution in [1.29, 1.82) is 0 Å². The third-order valence-electron chi connectivity index (χ3n) is 2.82. The zero-order valence-corrected chi connectivity index (χ0v) is 11.2. The van der Waals surface area contributed by atoms with E-state index in [4.69, 9.17) is 4.42 Å². The number of hydrogen-bond donors (Lipinski definition) is 3. The van der Waals surface area contributed by atoms with Crippen LogP contribution in [0.3, 0.4) is 0 Å². The van der Waals surface area contributed by atoms with Gasteiger partial charge in [-0.25, -0.2) is 0 Å². The third-order valence-corrected chi connectivity index (χ3v) is 2.82. The summed E-state index contributed by atoms with van der Waals surface area (Å²) in [6.45, 7) is 4.77. The van der Waals surface area contributed by atoms with E-state index in [0.717, 1.165) is 25.8 Å². The van der Waals surface area contributed by atoms with Gasteiger partial charge in [-0.15, -0.1) is 5.10 Å². The van der Waals surface area contributed by atoms with Crippen LogP contribution in [-0.2, 0) is 11.3 Å². The fourth-order valence-corrected chi connectivity index (χ4v) is 1.61. The van der Waals surface area contributed by atoms with Crippen molar-refractivity contribution in [1.82, 2.24) is 20.8 Å². The monoisotopic (exact) mass is 267 g/mol. The van der Waals surface area contributed by atoms with E-state index >= 15 is 0 Å². The summed E-state index contributed by atoms with van der Waals surface area (Å²) in [6.07, 6.45) is 3.12. The molecule has 1 aliphatic rings. The van der Waals surface area contributed by atoms with Gasteiger partial charge < -0.3 is 20.4 Å². The largest absolute Gasteiger partial charge is 0.407 e. The number of nitrogens with one attached hydrogen (secondary N) is 3. The van der Waals surface area contributed by atoms with Gasteiger partial charge in [-0.3, -0.25) is 4.79 Å². The van der Waals surface area contributed by atoms with Gasteiger partial charge in [0.25, 0.3) is 0 Å². The molecule has 0 aliphatic heterocycles. The Balaban J connectivity index is 1.58. The van der Waals surface area contributed by atoms with Crippen LogP contribution in [0.4, 0.5) is 6.01 Å². The quantitative estimate of drug-likeness (QED) is 0.565. The van der Waals surface area contributed by atoms with Gasteiger partial charge >= 0.3 is 6.01 Å². The summed E-state index contributed by atoms with van der Waals surface area (Å²) < 4.78 is 5.39. The van der Waals surface area contributed by atoms with Crippen LogP contribution in [0.2, 0.25) is 0 Å². The molecule has 1 aliphatic carbocycles. The van der Waals surface area contributed by atoms with Crippen molar-refractivity contribution in [2.45, 2.75) is 32.7 Å². The number of anilines is 1. The zero-order chi connectivity index (χ0) is 13.5. The fraction of sp³-hybridized carbons (Fsp3) is 0.750. The Morgan fingerprint density at radius 3 is 2.89 bits per heavy atom. The summed E-state index contributed by atoms with van der Waals surface area (Å²) >= 11 is 0. The Labute approximate surface area is 112 Å². The van der Waals surface area contributed by atoms with Gasteiger partial charge in [0.2, 0.25) is 11.8 Å². The van der Waals surface area contributed by atoms with Crippen molar-refractivity contribution >= 4 is 11.9 Å². The van der Waals surface area contributed by atoms with Crippen LogP contribution in [0.1, 0.15) is 32.1 Å². The molecule has 0 saturated heterocycles. The van der Waals surface area contributed by atoms with Gasteiger partial charge in [0.1, 0.15) is 0 Å². The maximum Gasteiger partial charge on any atom is 0.315 e. The van der Waals surface area contributed by atoms with Gasteiger partial charge in [-0.2, -0.15) is 0 Å². The lowest BCUT2D eigenvalue weighted by Crippen LogP contribution is -2.29. The highest BCUT2D eigenvalue weighted by atomic mass is 16.4. The molecule has 3 N–H and O–H groups in total. The molecule has 1 aromatic rings. The number of amides is 1. The summed E-state index contributed by atoms with van der Waals surface area (Å²) in [5.41, 5.74) is 0. The topological polar surface area (TPSA) is 92.1 Å². The Bertz CT molecular complexity index is 403. The molecule has 7 nitrogen and oxygen atoms in total. The summed E-state index contributed by atoms with van der Waals surface area (Å²) in [6, 6.07) is 0.397. The van der Waals surface area contributed by atoms with Crippen LogP contribution < -0.4 is 16.0 Å². The Morgan fingerprint density at radius 1 is 1.32 bits per heavy atom. The fourth-order valence-electron chi connectivity index (χ4n) is 1.61. The molecule has 1 fully saturated rings. The van der Waals surface area contributed by atoms with E-state index in [9.17, 15) is 4.79 Å². The number of nitrogens with zero attached hydrogens (tertiary/aromatic N) is 2. The number of carbonyl (C=O) groups is 1. The average molecular weight is 267 g/mol. The molecule has 0 radical (unpaired) electrons. The van der Waals surface area contributed by atoms with Crippen LogP contribution in [0.5, 0.6) is 0 Å². The lowest BCUT2D eigenvalue weighted by atomic mass is 10.4. The molecule has 19 heavy (non-hydrogen) atoms.